The van der Waals surface area contributed by atoms with Crippen molar-refractivity contribution in [2.75, 3.05) is 0 Å². The van der Waals surface area contributed by atoms with Crippen molar-refractivity contribution in [3.8, 4) is 0 Å². The van der Waals surface area contributed by atoms with Gasteiger partial charge < -0.3 is 5.73 Å². The van der Waals surface area contributed by atoms with E-state index in [4.69, 9.17) is 5.73 Å². The van der Waals surface area contributed by atoms with Gasteiger partial charge in [-0.3, -0.25) is 0 Å². The fourth-order valence-electron chi connectivity index (χ4n) is 0.424. The molecule has 2 heteroatoms. The predicted octanol–water partition coefficient (Wildman–Crippen LogP) is 1.06. The summed E-state index contributed by atoms with van der Waals surface area (Å²) in [5.41, 5.74) is 5.26. The molecule has 0 atom stereocenters. The minimum atomic E-state index is -0.385. The van der Waals surface area contributed by atoms with E-state index in [1.165, 1.54) is 18.2 Å². The van der Waals surface area contributed by atoms with Gasteiger partial charge in [0.05, 0.1) is 6.08 Å². The zero-order valence-corrected chi connectivity index (χ0v) is 4.19. The van der Waals surface area contributed by atoms with Gasteiger partial charge >= 0.3 is 0 Å². The van der Waals surface area contributed by atoms with Crippen LogP contribution in [-0.4, -0.2) is 0 Å². The van der Waals surface area contributed by atoms with Gasteiger partial charge in [-0.1, -0.05) is 0 Å². The largest absolute Gasteiger partial charge is 0.344 e. The first-order valence-corrected chi connectivity index (χ1v) is 2.22. The van der Waals surface area contributed by atoms with Crippen LogP contribution in [0.3, 0.4) is 0 Å². The van der Waals surface area contributed by atoms with E-state index in [9.17, 15) is 4.39 Å². The average Bonchev–Trinajstić information content (AvgIpc) is 1.77. The van der Waals surface area contributed by atoms with E-state index in [-0.39, 0.29) is 11.5 Å². The summed E-state index contributed by atoms with van der Waals surface area (Å²) in [5.74, 6) is -0.385. The minimum absolute atomic E-state index is 0.146. The highest BCUT2D eigenvalue weighted by Crippen LogP contribution is 2.07. The lowest BCUT2D eigenvalue weighted by molar-refractivity contribution is 0.655. The van der Waals surface area contributed by atoms with Gasteiger partial charge in [-0.15, -0.1) is 0 Å². The molecule has 0 radical (unpaired) electrons. The van der Waals surface area contributed by atoms with Gasteiger partial charge in [0.2, 0.25) is 0 Å². The fourth-order valence-corrected chi connectivity index (χ4v) is 0.424. The third-order valence-electron chi connectivity index (χ3n) is 0.840. The molecule has 0 aliphatic heterocycles. The van der Waals surface area contributed by atoms with Crippen molar-refractivity contribution in [1.82, 2.24) is 0 Å². The standard InChI is InChI=1S/C6H5FN/c7-5-3-1-2-4-6(5)8/h1,3-4H,8H2/q+1. The summed E-state index contributed by atoms with van der Waals surface area (Å²) in [4.78, 5) is 0. The number of hydrogen-bond acceptors (Lipinski definition) is 1. The molecule has 1 nitrogen and oxygen atoms in total. The highest BCUT2D eigenvalue weighted by molar-refractivity contribution is 5.31. The van der Waals surface area contributed by atoms with Gasteiger partial charge in [0, 0.05) is 6.08 Å². The maximum absolute atomic E-state index is 12.2. The van der Waals surface area contributed by atoms with Crippen molar-refractivity contribution >= 4 is 0 Å². The smallest absolute Gasteiger partial charge is 0.255 e. The van der Waals surface area contributed by atoms with Crippen LogP contribution in [0.1, 0.15) is 0 Å². The lowest BCUT2D eigenvalue weighted by atomic mass is 10.2. The number of halogens is 1. The summed E-state index contributed by atoms with van der Waals surface area (Å²) < 4.78 is 12.2. The van der Waals surface area contributed by atoms with Gasteiger partial charge in [0.15, 0.2) is 5.70 Å². The van der Waals surface area contributed by atoms with Crippen molar-refractivity contribution in [3.63, 3.8) is 0 Å². The molecule has 8 heavy (non-hydrogen) atoms. The Morgan fingerprint density at radius 1 is 1.62 bits per heavy atom. The highest BCUT2D eigenvalue weighted by Gasteiger charge is 2.06. The maximum atomic E-state index is 12.2. The van der Waals surface area contributed by atoms with Crippen molar-refractivity contribution < 1.29 is 4.39 Å². The third-order valence-corrected chi connectivity index (χ3v) is 0.840. The molecule has 40 valence electrons. The first-order valence-electron chi connectivity index (χ1n) is 2.22. The Morgan fingerprint density at radius 3 is 2.75 bits per heavy atom. The van der Waals surface area contributed by atoms with Gasteiger partial charge in [0.1, 0.15) is 12.2 Å². The predicted molar refractivity (Wildman–Crippen MR) is 29.3 cm³/mol. The third kappa shape index (κ3) is 0.745. The first kappa shape index (κ1) is 5.01. The van der Waals surface area contributed by atoms with Crippen LogP contribution in [0, 0.1) is 6.08 Å². The molecule has 2 N–H and O–H groups in total. The van der Waals surface area contributed by atoms with Crippen molar-refractivity contribution in [1.29, 1.82) is 0 Å². The Morgan fingerprint density at radius 2 is 2.38 bits per heavy atom. The van der Waals surface area contributed by atoms with Gasteiger partial charge in [-0.25, -0.2) is 0 Å². The number of allylic oxidation sites excluding steroid dienone is 5. The zero-order valence-electron chi connectivity index (χ0n) is 4.19. The van der Waals surface area contributed by atoms with Crippen LogP contribution in [0.15, 0.2) is 29.8 Å². The van der Waals surface area contributed by atoms with E-state index in [1.807, 2.05) is 0 Å². The molecule has 0 bridgehead atoms. The Hall–Kier alpha value is -1.14. The van der Waals surface area contributed by atoms with Crippen LogP contribution in [0.25, 0.3) is 0 Å². The van der Waals surface area contributed by atoms with E-state index in [0.29, 0.717) is 0 Å². The Labute approximate surface area is 47.0 Å². The van der Waals surface area contributed by atoms with Crippen LogP contribution in [0.4, 0.5) is 4.39 Å². The normalized spacial score (nSPS) is 16.6. The van der Waals surface area contributed by atoms with E-state index < -0.39 is 0 Å². The molecule has 1 rings (SSSR count). The average molecular weight is 110 g/mol. The molecule has 0 heterocycles. The lowest BCUT2D eigenvalue weighted by Gasteiger charge is -1.84. The van der Waals surface area contributed by atoms with Gasteiger partial charge in [-0.2, -0.15) is 4.39 Å². The summed E-state index contributed by atoms with van der Waals surface area (Å²) in [6.45, 7) is 0. The highest BCUT2D eigenvalue weighted by atomic mass is 19.1. The van der Waals surface area contributed by atoms with Gasteiger partial charge in [0.25, 0.3) is 5.83 Å². The summed E-state index contributed by atoms with van der Waals surface area (Å²) in [5, 5.41) is 0. The SMILES string of the molecule is NC1=C(F)C=C[C+]=C1. The zero-order chi connectivity index (χ0) is 5.98. The second-order valence-electron chi connectivity index (χ2n) is 1.45. The Balaban J connectivity index is 2.97. The first-order chi connectivity index (χ1) is 3.80. The van der Waals surface area contributed by atoms with E-state index in [2.05, 4.69) is 6.08 Å². The molecule has 1 aliphatic rings. The summed E-state index contributed by atoms with van der Waals surface area (Å²) in [6.07, 6.45) is 6.79. The summed E-state index contributed by atoms with van der Waals surface area (Å²) >= 11 is 0. The van der Waals surface area contributed by atoms with Crippen LogP contribution in [0.5, 0.6) is 0 Å². The molecule has 0 aromatic carbocycles. The van der Waals surface area contributed by atoms with Crippen molar-refractivity contribution in [2.24, 2.45) is 5.73 Å². The Bertz CT molecular complexity index is 157. The molecule has 0 spiro atoms. The molecule has 0 amide bonds. The van der Waals surface area contributed by atoms with E-state index in [1.54, 1.807) is 0 Å². The van der Waals surface area contributed by atoms with Crippen LogP contribution >= 0.6 is 0 Å². The molecule has 1 aliphatic carbocycles. The molecule has 0 fully saturated rings. The summed E-state index contributed by atoms with van der Waals surface area (Å²) in [6, 6.07) is 0. The van der Waals surface area contributed by atoms with Crippen molar-refractivity contribution in [3.05, 3.63) is 35.8 Å². The van der Waals surface area contributed by atoms with Crippen LogP contribution in [-0.2, 0) is 0 Å². The summed E-state index contributed by atoms with van der Waals surface area (Å²) in [7, 11) is 0. The molecular weight excluding hydrogens is 105 g/mol. The van der Waals surface area contributed by atoms with Crippen LogP contribution < -0.4 is 5.73 Å². The molecular formula is C6H5FN+. The monoisotopic (exact) mass is 110 g/mol. The maximum Gasteiger partial charge on any atom is 0.255 e. The molecule has 0 unspecified atom stereocenters. The number of nitrogens with two attached hydrogens (primary N) is 1. The fraction of sp³-hybridized carbons (Fsp3) is 0. The molecule has 0 aromatic heterocycles. The Kier molecular flexibility index (Phi) is 1.10. The molecule has 0 aromatic rings. The number of hydrogen-bond donors (Lipinski definition) is 1. The minimum Gasteiger partial charge on any atom is -0.344 e. The van der Waals surface area contributed by atoms with Gasteiger partial charge in [-0.05, 0) is 0 Å². The number of rotatable bonds is 0. The topological polar surface area (TPSA) is 26.0 Å². The second kappa shape index (κ2) is 1.76. The second-order valence-corrected chi connectivity index (χ2v) is 1.45. The van der Waals surface area contributed by atoms with E-state index >= 15 is 0 Å². The lowest BCUT2D eigenvalue weighted by Crippen LogP contribution is -1.96. The molecule has 0 saturated heterocycles. The van der Waals surface area contributed by atoms with Crippen LogP contribution in [0.2, 0.25) is 0 Å². The quantitative estimate of drug-likeness (QED) is 0.463. The van der Waals surface area contributed by atoms with Crippen molar-refractivity contribution in [2.45, 2.75) is 0 Å². The van der Waals surface area contributed by atoms with E-state index in [0.717, 1.165) is 0 Å². The molecule has 0 saturated carbocycles.